The van der Waals surface area contributed by atoms with Crippen molar-refractivity contribution >= 4 is 16.7 Å². The summed E-state index contributed by atoms with van der Waals surface area (Å²) in [7, 11) is 0. The van der Waals surface area contributed by atoms with Gasteiger partial charge in [-0.3, -0.25) is 0 Å². The fourth-order valence-electron chi connectivity index (χ4n) is 2.35. The third kappa shape index (κ3) is 2.87. The van der Waals surface area contributed by atoms with E-state index in [0.29, 0.717) is 5.92 Å². The molecule has 0 spiro atoms. The molecule has 0 bridgehead atoms. The highest BCUT2D eigenvalue weighted by Gasteiger charge is 2.07. The Balaban J connectivity index is 2.01. The van der Waals surface area contributed by atoms with Gasteiger partial charge in [-0.15, -0.1) is 0 Å². The van der Waals surface area contributed by atoms with Crippen LogP contribution in [0.5, 0.6) is 0 Å². The number of anilines is 1. The number of aromatic nitrogens is 2. The van der Waals surface area contributed by atoms with Crippen LogP contribution in [0.25, 0.3) is 10.9 Å². The van der Waals surface area contributed by atoms with Crippen molar-refractivity contribution in [2.75, 3.05) is 5.32 Å². The highest BCUT2D eigenvalue weighted by molar-refractivity contribution is 5.90. The Labute approximate surface area is 125 Å². The fourth-order valence-corrected chi connectivity index (χ4v) is 2.35. The van der Waals surface area contributed by atoms with Crippen molar-refractivity contribution in [3.8, 4) is 0 Å². The summed E-state index contributed by atoms with van der Waals surface area (Å²) >= 11 is 0. The molecule has 106 valence electrons. The van der Waals surface area contributed by atoms with Crippen molar-refractivity contribution in [1.82, 2.24) is 9.97 Å². The van der Waals surface area contributed by atoms with E-state index in [2.05, 4.69) is 78.6 Å². The Morgan fingerprint density at radius 3 is 2.71 bits per heavy atom. The number of allylic oxidation sites excluding steroid dienone is 5. The Bertz CT molecular complexity index is 769. The zero-order valence-electron chi connectivity index (χ0n) is 12.6. The number of hydrogen-bond acceptors (Lipinski definition) is 3. The Morgan fingerprint density at radius 1 is 1.05 bits per heavy atom. The van der Waals surface area contributed by atoms with Crippen molar-refractivity contribution in [1.29, 1.82) is 0 Å². The Morgan fingerprint density at radius 2 is 1.86 bits per heavy atom. The maximum Gasteiger partial charge on any atom is 0.141 e. The smallest absolute Gasteiger partial charge is 0.141 e. The molecule has 3 nitrogen and oxygen atoms in total. The topological polar surface area (TPSA) is 37.8 Å². The van der Waals surface area contributed by atoms with Crippen LogP contribution in [0.15, 0.2) is 54.5 Å². The SMILES string of the molecule is Cc1cc2ncnc(NC3=CC=CC(C)C=C3)c2cc1C. The third-order valence-electron chi connectivity index (χ3n) is 3.78. The quantitative estimate of drug-likeness (QED) is 0.889. The number of aryl methyl sites for hydroxylation is 2. The van der Waals surface area contributed by atoms with Crippen LogP contribution in [0.4, 0.5) is 5.82 Å². The maximum atomic E-state index is 4.40. The van der Waals surface area contributed by atoms with Crippen LogP contribution in [0, 0.1) is 19.8 Å². The monoisotopic (exact) mass is 277 g/mol. The second kappa shape index (κ2) is 5.52. The van der Waals surface area contributed by atoms with Crippen molar-refractivity contribution in [2.24, 2.45) is 5.92 Å². The zero-order valence-corrected chi connectivity index (χ0v) is 12.6. The number of hydrogen-bond donors (Lipinski definition) is 1. The third-order valence-corrected chi connectivity index (χ3v) is 3.78. The van der Waals surface area contributed by atoms with Gasteiger partial charge < -0.3 is 5.32 Å². The van der Waals surface area contributed by atoms with Crippen LogP contribution in [-0.2, 0) is 0 Å². The molecule has 1 unspecified atom stereocenters. The van der Waals surface area contributed by atoms with Gasteiger partial charge in [-0.2, -0.15) is 0 Å². The summed E-state index contributed by atoms with van der Waals surface area (Å²) in [6.07, 6.45) is 12.2. The molecule has 0 fully saturated rings. The van der Waals surface area contributed by atoms with Gasteiger partial charge in [0, 0.05) is 11.1 Å². The molecule has 1 aliphatic rings. The molecule has 1 aromatic heterocycles. The summed E-state index contributed by atoms with van der Waals surface area (Å²) in [5, 5.41) is 4.46. The molecule has 1 aliphatic carbocycles. The lowest BCUT2D eigenvalue weighted by Gasteiger charge is -2.10. The van der Waals surface area contributed by atoms with E-state index in [-0.39, 0.29) is 0 Å². The minimum absolute atomic E-state index is 0.451. The summed E-state index contributed by atoms with van der Waals surface area (Å²) in [6, 6.07) is 4.25. The molecule has 0 saturated carbocycles. The van der Waals surface area contributed by atoms with Crippen LogP contribution >= 0.6 is 0 Å². The molecule has 1 aromatic carbocycles. The fraction of sp³-hybridized carbons (Fsp3) is 0.222. The van der Waals surface area contributed by atoms with Crippen LogP contribution < -0.4 is 5.32 Å². The molecule has 1 N–H and O–H groups in total. The molecule has 0 amide bonds. The lowest BCUT2D eigenvalue weighted by Crippen LogP contribution is -2.01. The largest absolute Gasteiger partial charge is 0.340 e. The number of benzene rings is 1. The van der Waals surface area contributed by atoms with Gasteiger partial charge in [0.25, 0.3) is 0 Å². The minimum Gasteiger partial charge on any atom is -0.340 e. The molecule has 0 saturated heterocycles. The first kappa shape index (κ1) is 13.6. The van der Waals surface area contributed by atoms with Crippen LogP contribution in [-0.4, -0.2) is 9.97 Å². The van der Waals surface area contributed by atoms with E-state index >= 15 is 0 Å². The van der Waals surface area contributed by atoms with Crippen molar-refractivity contribution in [3.63, 3.8) is 0 Å². The van der Waals surface area contributed by atoms with Crippen LogP contribution in [0.2, 0.25) is 0 Å². The average Bonchev–Trinajstić information content (AvgIpc) is 2.66. The van der Waals surface area contributed by atoms with Crippen molar-refractivity contribution in [3.05, 3.63) is 65.7 Å². The molecular weight excluding hydrogens is 258 g/mol. The standard InChI is InChI=1S/C18H19N3/c1-12-5-4-6-15(8-7-12)21-18-16-9-13(2)14(3)10-17(16)19-11-20-18/h4-12H,1-3H3,(H,19,20,21). The van der Waals surface area contributed by atoms with Gasteiger partial charge in [-0.1, -0.05) is 25.2 Å². The molecule has 21 heavy (non-hydrogen) atoms. The van der Waals surface area contributed by atoms with E-state index in [9.17, 15) is 0 Å². The first-order chi connectivity index (χ1) is 10.1. The summed E-state index contributed by atoms with van der Waals surface area (Å²) in [6.45, 7) is 6.38. The van der Waals surface area contributed by atoms with Crippen LogP contribution in [0.1, 0.15) is 18.1 Å². The predicted octanol–water partition coefficient (Wildman–Crippen LogP) is 4.30. The molecule has 1 heterocycles. The number of rotatable bonds is 2. The zero-order chi connectivity index (χ0) is 14.8. The summed E-state index contributed by atoms with van der Waals surface area (Å²) in [5.74, 6) is 1.30. The highest BCUT2D eigenvalue weighted by atomic mass is 15.0. The van der Waals surface area contributed by atoms with Gasteiger partial charge in [-0.25, -0.2) is 9.97 Å². The molecule has 2 aromatic rings. The van der Waals surface area contributed by atoms with Gasteiger partial charge in [0.2, 0.25) is 0 Å². The molecule has 3 rings (SSSR count). The molecule has 0 aliphatic heterocycles. The summed E-state index contributed by atoms with van der Waals surface area (Å²) < 4.78 is 0. The van der Waals surface area contributed by atoms with E-state index in [0.717, 1.165) is 22.4 Å². The van der Waals surface area contributed by atoms with Gasteiger partial charge in [0.05, 0.1) is 5.52 Å². The highest BCUT2D eigenvalue weighted by Crippen LogP contribution is 2.24. The average molecular weight is 277 g/mol. The van der Waals surface area contributed by atoms with E-state index < -0.39 is 0 Å². The number of fused-ring (bicyclic) bond motifs is 1. The molecule has 0 radical (unpaired) electrons. The minimum atomic E-state index is 0.451. The second-order valence-corrected chi connectivity index (χ2v) is 5.53. The van der Waals surface area contributed by atoms with E-state index in [1.54, 1.807) is 6.33 Å². The maximum absolute atomic E-state index is 4.40. The Hall–Kier alpha value is -2.42. The molecule has 1 atom stereocenters. The predicted molar refractivity (Wildman–Crippen MR) is 88.2 cm³/mol. The van der Waals surface area contributed by atoms with Gasteiger partial charge in [0.15, 0.2) is 0 Å². The molecule has 3 heteroatoms. The van der Waals surface area contributed by atoms with Gasteiger partial charge >= 0.3 is 0 Å². The second-order valence-electron chi connectivity index (χ2n) is 5.53. The number of nitrogens with one attached hydrogen (secondary N) is 1. The first-order valence-electron chi connectivity index (χ1n) is 7.19. The lowest BCUT2D eigenvalue weighted by molar-refractivity contribution is 0.942. The van der Waals surface area contributed by atoms with Crippen molar-refractivity contribution in [2.45, 2.75) is 20.8 Å². The van der Waals surface area contributed by atoms with E-state index in [1.807, 2.05) is 0 Å². The number of nitrogens with zero attached hydrogens (tertiary/aromatic N) is 2. The normalized spacial score (nSPS) is 17.7. The van der Waals surface area contributed by atoms with Gasteiger partial charge in [0.1, 0.15) is 12.1 Å². The summed E-state index contributed by atoms with van der Waals surface area (Å²) in [4.78, 5) is 8.77. The van der Waals surface area contributed by atoms with Crippen LogP contribution in [0.3, 0.4) is 0 Å². The lowest BCUT2D eigenvalue weighted by atomic mass is 10.1. The van der Waals surface area contributed by atoms with E-state index in [4.69, 9.17) is 0 Å². The molecular formula is C18H19N3. The Kier molecular flexibility index (Phi) is 3.57. The van der Waals surface area contributed by atoms with Crippen molar-refractivity contribution < 1.29 is 0 Å². The van der Waals surface area contributed by atoms with E-state index in [1.165, 1.54) is 11.1 Å². The first-order valence-corrected chi connectivity index (χ1v) is 7.19. The summed E-state index contributed by atoms with van der Waals surface area (Å²) in [5.41, 5.74) is 4.50. The van der Waals surface area contributed by atoms with Gasteiger partial charge in [-0.05, 0) is 55.2 Å².